The van der Waals surface area contributed by atoms with Gasteiger partial charge in [0.1, 0.15) is 0 Å². The Bertz CT molecular complexity index is 566. The topological polar surface area (TPSA) is 29.1 Å². The molecule has 2 aromatic carbocycles. The van der Waals surface area contributed by atoms with Crippen molar-refractivity contribution in [2.45, 2.75) is 25.6 Å². The van der Waals surface area contributed by atoms with Crippen molar-refractivity contribution in [1.29, 1.82) is 0 Å². The van der Waals surface area contributed by atoms with Crippen molar-refractivity contribution < 1.29 is 4.79 Å². The average molecular weight is 299 g/mol. The van der Waals surface area contributed by atoms with Crippen LogP contribution in [-0.2, 0) is 10.5 Å². The van der Waals surface area contributed by atoms with Crippen LogP contribution < -0.4 is 5.32 Å². The second-order valence-corrected chi connectivity index (χ2v) is 6.16. The van der Waals surface area contributed by atoms with E-state index in [1.807, 2.05) is 37.3 Å². The molecule has 0 saturated carbocycles. The fraction of sp³-hybridized carbons (Fsp3) is 0.278. The molecule has 0 saturated heterocycles. The summed E-state index contributed by atoms with van der Waals surface area (Å²) in [6.07, 6.45) is 0. The van der Waals surface area contributed by atoms with Gasteiger partial charge >= 0.3 is 0 Å². The van der Waals surface area contributed by atoms with Crippen molar-refractivity contribution in [3.05, 3.63) is 71.3 Å². The molecule has 0 aliphatic rings. The lowest BCUT2D eigenvalue weighted by molar-refractivity contribution is -0.119. The first-order valence-electron chi connectivity index (χ1n) is 7.13. The van der Waals surface area contributed by atoms with Gasteiger partial charge in [0, 0.05) is 5.75 Å². The van der Waals surface area contributed by atoms with Crippen LogP contribution in [0.4, 0.5) is 0 Å². The summed E-state index contributed by atoms with van der Waals surface area (Å²) in [5.41, 5.74) is 3.65. The molecule has 1 atom stereocenters. The fourth-order valence-electron chi connectivity index (χ4n) is 2.05. The summed E-state index contributed by atoms with van der Waals surface area (Å²) in [7, 11) is 0. The van der Waals surface area contributed by atoms with Gasteiger partial charge in [-0.2, -0.15) is 0 Å². The van der Waals surface area contributed by atoms with E-state index in [0.29, 0.717) is 5.75 Å². The van der Waals surface area contributed by atoms with Gasteiger partial charge in [0.15, 0.2) is 0 Å². The van der Waals surface area contributed by atoms with Crippen LogP contribution in [0.3, 0.4) is 0 Å². The highest BCUT2D eigenvalue weighted by Gasteiger charge is 2.08. The van der Waals surface area contributed by atoms with E-state index < -0.39 is 0 Å². The zero-order valence-corrected chi connectivity index (χ0v) is 13.3. The monoisotopic (exact) mass is 299 g/mol. The molecule has 1 N–H and O–H groups in total. The third-order valence-electron chi connectivity index (χ3n) is 3.30. The van der Waals surface area contributed by atoms with E-state index in [1.165, 1.54) is 11.1 Å². The van der Waals surface area contributed by atoms with Crippen LogP contribution in [-0.4, -0.2) is 11.7 Å². The van der Waals surface area contributed by atoms with Crippen LogP contribution in [0, 0.1) is 6.92 Å². The SMILES string of the molecule is Cc1ccc(CSCC(=O)N[C@H](C)c2ccccc2)cc1. The second kappa shape index (κ2) is 7.89. The predicted molar refractivity (Wildman–Crippen MR) is 90.3 cm³/mol. The molecule has 3 heteroatoms. The van der Waals surface area contributed by atoms with Crippen LogP contribution >= 0.6 is 11.8 Å². The normalized spacial score (nSPS) is 11.9. The van der Waals surface area contributed by atoms with Crippen molar-refractivity contribution in [1.82, 2.24) is 5.32 Å². The molecule has 2 nitrogen and oxygen atoms in total. The first-order chi connectivity index (χ1) is 10.1. The molecule has 110 valence electrons. The zero-order chi connectivity index (χ0) is 15.1. The predicted octanol–water partition coefficient (Wildman–Crippen LogP) is 4.11. The summed E-state index contributed by atoms with van der Waals surface area (Å²) < 4.78 is 0. The molecule has 0 radical (unpaired) electrons. The van der Waals surface area contributed by atoms with Gasteiger partial charge in [-0.05, 0) is 25.0 Å². The van der Waals surface area contributed by atoms with E-state index in [2.05, 4.69) is 36.5 Å². The number of amides is 1. The average Bonchev–Trinajstić information content (AvgIpc) is 2.50. The van der Waals surface area contributed by atoms with E-state index in [4.69, 9.17) is 0 Å². The molecular weight excluding hydrogens is 278 g/mol. The molecule has 0 heterocycles. The van der Waals surface area contributed by atoms with Gasteiger partial charge in [-0.15, -0.1) is 11.8 Å². The number of thioether (sulfide) groups is 1. The second-order valence-electron chi connectivity index (χ2n) is 5.18. The number of hydrogen-bond donors (Lipinski definition) is 1. The highest BCUT2D eigenvalue weighted by atomic mass is 32.2. The summed E-state index contributed by atoms with van der Waals surface area (Å²) in [4.78, 5) is 11.9. The standard InChI is InChI=1S/C18H21NOS/c1-14-8-10-16(11-9-14)12-21-13-18(20)19-15(2)17-6-4-3-5-7-17/h3-11,15H,12-13H2,1-2H3,(H,19,20)/t15-/m1/s1. The van der Waals surface area contributed by atoms with E-state index >= 15 is 0 Å². The van der Waals surface area contributed by atoms with Crippen LogP contribution in [0.1, 0.15) is 29.7 Å². The van der Waals surface area contributed by atoms with Crippen molar-refractivity contribution in [3.63, 3.8) is 0 Å². The Morgan fingerprint density at radius 1 is 1.10 bits per heavy atom. The number of hydrogen-bond acceptors (Lipinski definition) is 2. The highest BCUT2D eigenvalue weighted by Crippen LogP contribution is 2.14. The third kappa shape index (κ3) is 5.27. The maximum Gasteiger partial charge on any atom is 0.230 e. The summed E-state index contributed by atoms with van der Waals surface area (Å²) >= 11 is 1.65. The molecule has 0 unspecified atom stereocenters. The van der Waals surface area contributed by atoms with Crippen molar-refractivity contribution in [2.75, 3.05) is 5.75 Å². The minimum absolute atomic E-state index is 0.0543. The number of rotatable bonds is 6. The van der Waals surface area contributed by atoms with Crippen LogP contribution in [0.25, 0.3) is 0 Å². The number of carbonyl (C=O) groups is 1. The fourth-order valence-corrected chi connectivity index (χ4v) is 2.85. The summed E-state index contributed by atoms with van der Waals surface area (Å²) in [6.45, 7) is 4.09. The smallest absolute Gasteiger partial charge is 0.230 e. The zero-order valence-electron chi connectivity index (χ0n) is 12.5. The first kappa shape index (κ1) is 15.6. The van der Waals surface area contributed by atoms with E-state index in [9.17, 15) is 4.79 Å². The van der Waals surface area contributed by atoms with Gasteiger partial charge in [0.05, 0.1) is 11.8 Å². The van der Waals surface area contributed by atoms with Crippen LogP contribution in [0.15, 0.2) is 54.6 Å². The lowest BCUT2D eigenvalue weighted by Crippen LogP contribution is -2.28. The number of nitrogens with one attached hydrogen (secondary N) is 1. The number of carbonyl (C=O) groups excluding carboxylic acids is 1. The molecule has 0 fully saturated rings. The van der Waals surface area contributed by atoms with E-state index in [-0.39, 0.29) is 11.9 Å². The quantitative estimate of drug-likeness (QED) is 0.870. The number of aryl methyl sites for hydroxylation is 1. The largest absolute Gasteiger partial charge is 0.349 e. The van der Waals surface area contributed by atoms with Gasteiger partial charge in [-0.1, -0.05) is 60.2 Å². The highest BCUT2D eigenvalue weighted by molar-refractivity contribution is 7.99. The molecule has 21 heavy (non-hydrogen) atoms. The van der Waals surface area contributed by atoms with Gasteiger partial charge in [-0.3, -0.25) is 4.79 Å². The summed E-state index contributed by atoms with van der Waals surface area (Å²) in [6, 6.07) is 18.5. The molecular formula is C18H21NOS. The maximum absolute atomic E-state index is 11.9. The Labute approximate surface area is 131 Å². The maximum atomic E-state index is 11.9. The summed E-state index contributed by atoms with van der Waals surface area (Å²) in [5.74, 6) is 1.45. The molecule has 0 aliphatic heterocycles. The Kier molecular flexibility index (Phi) is 5.88. The first-order valence-corrected chi connectivity index (χ1v) is 8.28. The van der Waals surface area contributed by atoms with Crippen molar-refractivity contribution in [3.8, 4) is 0 Å². The molecule has 0 spiro atoms. The Balaban J connectivity index is 1.73. The lowest BCUT2D eigenvalue weighted by atomic mass is 10.1. The van der Waals surface area contributed by atoms with Gasteiger partial charge in [0.2, 0.25) is 5.91 Å². The van der Waals surface area contributed by atoms with Crippen LogP contribution in [0.5, 0.6) is 0 Å². The molecule has 1 amide bonds. The molecule has 2 rings (SSSR count). The number of benzene rings is 2. The van der Waals surface area contributed by atoms with E-state index in [0.717, 1.165) is 11.3 Å². The Hall–Kier alpha value is -1.74. The van der Waals surface area contributed by atoms with Gasteiger partial charge < -0.3 is 5.32 Å². The molecule has 0 aromatic heterocycles. The lowest BCUT2D eigenvalue weighted by Gasteiger charge is -2.14. The Morgan fingerprint density at radius 2 is 1.76 bits per heavy atom. The minimum atomic E-state index is 0.0543. The van der Waals surface area contributed by atoms with E-state index in [1.54, 1.807) is 11.8 Å². The Morgan fingerprint density at radius 3 is 2.43 bits per heavy atom. The van der Waals surface area contributed by atoms with Crippen LogP contribution in [0.2, 0.25) is 0 Å². The van der Waals surface area contributed by atoms with Crippen molar-refractivity contribution in [2.24, 2.45) is 0 Å². The van der Waals surface area contributed by atoms with Crippen molar-refractivity contribution >= 4 is 17.7 Å². The van der Waals surface area contributed by atoms with Gasteiger partial charge in [-0.25, -0.2) is 0 Å². The summed E-state index contributed by atoms with van der Waals surface area (Å²) in [5, 5.41) is 3.03. The minimum Gasteiger partial charge on any atom is -0.349 e. The third-order valence-corrected chi connectivity index (χ3v) is 4.30. The molecule has 2 aromatic rings. The molecule has 0 bridgehead atoms. The molecule has 0 aliphatic carbocycles. The van der Waals surface area contributed by atoms with Gasteiger partial charge in [0.25, 0.3) is 0 Å².